The van der Waals surface area contributed by atoms with Gasteiger partial charge >= 0.3 is 0 Å². The quantitative estimate of drug-likeness (QED) is 0.803. The van der Waals surface area contributed by atoms with Gasteiger partial charge in [0.25, 0.3) is 5.56 Å². The number of nitrogens with zero attached hydrogens (tertiary/aromatic N) is 1. The smallest absolute Gasteiger partial charge is 0.266 e. The van der Waals surface area contributed by atoms with E-state index in [2.05, 4.69) is 0 Å². The van der Waals surface area contributed by atoms with Crippen LogP contribution in [0.15, 0.2) is 59.4 Å². The van der Waals surface area contributed by atoms with Crippen molar-refractivity contribution >= 4 is 10.8 Å². The van der Waals surface area contributed by atoms with E-state index in [0.29, 0.717) is 23.2 Å². The SMILES string of the molecule is O=c1c2c(F)cccc2cc(CCO)n1-c1ccccc1. The summed E-state index contributed by atoms with van der Waals surface area (Å²) in [6, 6.07) is 15.4. The van der Waals surface area contributed by atoms with Crippen LogP contribution in [0, 0.1) is 5.82 Å². The standard InChI is InChI=1S/C17H14FNO2/c18-15-8-4-5-12-11-14(9-10-20)19(17(21)16(12)15)13-6-2-1-3-7-13/h1-8,11,20H,9-10H2. The Balaban J connectivity index is 2.41. The molecule has 0 saturated heterocycles. The zero-order valence-corrected chi connectivity index (χ0v) is 11.3. The molecule has 0 aliphatic carbocycles. The first-order chi connectivity index (χ1) is 10.2. The van der Waals surface area contributed by atoms with E-state index in [9.17, 15) is 14.3 Å². The summed E-state index contributed by atoms with van der Waals surface area (Å²) >= 11 is 0. The van der Waals surface area contributed by atoms with Crippen LogP contribution in [0.4, 0.5) is 4.39 Å². The largest absolute Gasteiger partial charge is 0.396 e. The highest BCUT2D eigenvalue weighted by Crippen LogP contribution is 2.18. The summed E-state index contributed by atoms with van der Waals surface area (Å²) in [5.74, 6) is -0.530. The van der Waals surface area contributed by atoms with Crippen LogP contribution in [-0.2, 0) is 6.42 Å². The van der Waals surface area contributed by atoms with E-state index in [0.717, 1.165) is 0 Å². The van der Waals surface area contributed by atoms with Gasteiger partial charge in [-0.15, -0.1) is 0 Å². The lowest BCUT2D eigenvalue weighted by Gasteiger charge is -2.14. The minimum Gasteiger partial charge on any atom is -0.396 e. The average Bonchev–Trinajstić information content (AvgIpc) is 2.48. The van der Waals surface area contributed by atoms with E-state index >= 15 is 0 Å². The number of pyridine rings is 1. The Hall–Kier alpha value is -2.46. The molecule has 4 heteroatoms. The van der Waals surface area contributed by atoms with Crippen molar-refractivity contribution in [1.29, 1.82) is 0 Å². The zero-order valence-electron chi connectivity index (χ0n) is 11.3. The lowest BCUT2D eigenvalue weighted by Crippen LogP contribution is -2.23. The molecular formula is C17H14FNO2. The molecule has 0 atom stereocenters. The lowest BCUT2D eigenvalue weighted by molar-refractivity contribution is 0.297. The van der Waals surface area contributed by atoms with Crippen molar-refractivity contribution in [2.24, 2.45) is 0 Å². The highest BCUT2D eigenvalue weighted by atomic mass is 19.1. The lowest BCUT2D eigenvalue weighted by atomic mass is 10.1. The predicted molar refractivity (Wildman–Crippen MR) is 80.3 cm³/mol. The van der Waals surface area contributed by atoms with Crippen LogP contribution in [0.2, 0.25) is 0 Å². The average molecular weight is 283 g/mol. The molecule has 0 radical (unpaired) electrons. The zero-order chi connectivity index (χ0) is 14.8. The van der Waals surface area contributed by atoms with Crippen molar-refractivity contribution in [2.75, 3.05) is 6.61 Å². The molecule has 0 fully saturated rings. The molecule has 1 aromatic heterocycles. The molecule has 0 aliphatic heterocycles. The van der Waals surface area contributed by atoms with E-state index in [-0.39, 0.29) is 12.0 Å². The van der Waals surface area contributed by atoms with E-state index in [1.165, 1.54) is 10.6 Å². The van der Waals surface area contributed by atoms with Crippen LogP contribution >= 0.6 is 0 Å². The molecule has 1 N–H and O–H groups in total. The number of para-hydroxylation sites is 1. The molecule has 0 amide bonds. The number of rotatable bonds is 3. The normalized spacial score (nSPS) is 11.0. The molecule has 3 aromatic rings. The maximum absolute atomic E-state index is 14.0. The Morgan fingerprint density at radius 1 is 1.05 bits per heavy atom. The molecular weight excluding hydrogens is 269 g/mol. The summed E-state index contributed by atoms with van der Waals surface area (Å²) in [4.78, 5) is 12.7. The highest BCUT2D eigenvalue weighted by molar-refractivity contribution is 5.83. The number of hydrogen-bond acceptors (Lipinski definition) is 2. The topological polar surface area (TPSA) is 42.2 Å². The number of aromatic nitrogens is 1. The maximum Gasteiger partial charge on any atom is 0.266 e. The summed E-state index contributed by atoms with van der Waals surface area (Å²) in [7, 11) is 0. The molecule has 106 valence electrons. The second-order valence-electron chi connectivity index (χ2n) is 4.79. The van der Waals surface area contributed by atoms with Crippen molar-refractivity contribution in [2.45, 2.75) is 6.42 Å². The number of fused-ring (bicyclic) bond motifs is 1. The van der Waals surface area contributed by atoms with Crippen LogP contribution in [0.25, 0.3) is 16.5 Å². The van der Waals surface area contributed by atoms with Crippen LogP contribution in [0.5, 0.6) is 0 Å². The van der Waals surface area contributed by atoms with E-state index in [4.69, 9.17) is 0 Å². The number of benzene rings is 2. The summed E-state index contributed by atoms with van der Waals surface area (Å²) < 4.78 is 15.5. The van der Waals surface area contributed by atoms with E-state index in [1.54, 1.807) is 30.3 Å². The Kier molecular flexibility index (Phi) is 3.54. The van der Waals surface area contributed by atoms with Crippen molar-refractivity contribution in [3.63, 3.8) is 0 Å². The number of aliphatic hydroxyl groups is 1. The summed E-state index contributed by atoms with van der Waals surface area (Å²) in [5, 5.41) is 9.84. The van der Waals surface area contributed by atoms with Gasteiger partial charge in [-0.1, -0.05) is 30.3 Å². The monoisotopic (exact) mass is 283 g/mol. The second-order valence-corrected chi connectivity index (χ2v) is 4.79. The fraction of sp³-hybridized carbons (Fsp3) is 0.118. The predicted octanol–water partition coefficient (Wildman–Crippen LogP) is 2.66. The molecule has 0 unspecified atom stereocenters. The first-order valence-electron chi connectivity index (χ1n) is 6.72. The second kappa shape index (κ2) is 5.50. The number of halogens is 1. The third-order valence-corrected chi connectivity index (χ3v) is 3.45. The van der Waals surface area contributed by atoms with Gasteiger partial charge in [-0.2, -0.15) is 0 Å². The van der Waals surface area contributed by atoms with Gasteiger partial charge in [-0.3, -0.25) is 9.36 Å². The van der Waals surface area contributed by atoms with Gasteiger partial charge in [-0.05, 0) is 29.7 Å². The van der Waals surface area contributed by atoms with Gasteiger partial charge in [0, 0.05) is 24.4 Å². The third-order valence-electron chi connectivity index (χ3n) is 3.45. The Morgan fingerprint density at radius 2 is 1.81 bits per heavy atom. The fourth-order valence-corrected chi connectivity index (χ4v) is 2.53. The highest BCUT2D eigenvalue weighted by Gasteiger charge is 2.13. The Morgan fingerprint density at radius 3 is 2.52 bits per heavy atom. The van der Waals surface area contributed by atoms with Crippen molar-refractivity contribution in [1.82, 2.24) is 4.57 Å². The molecule has 21 heavy (non-hydrogen) atoms. The van der Waals surface area contributed by atoms with Crippen LogP contribution in [-0.4, -0.2) is 16.3 Å². The Labute approximate surface area is 120 Å². The van der Waals surface area contributed by atoms with Crippen LogP contribution in [0.1, 0.15) is 5.69 Å². The van der Waals surface area contributed by atoms with Gasteiger partial charge in [0.1, 0.15) is 5.82 Å². The van der Waals surface area contributed by atoms with Gasteiger partial charge in [0.05, 0.1) is 5.39 Å². The molecule has 3 rings (SSSR count). The van der Waals surface area contributed by atoms with Gasteiger partial charge in [-0.25, -0.2) is 4.39 Å². The first kappa shape index (κ1) is 13.5. The molecule has 3 nitrogen and oxygen atoms in total. The molecule has 0 aliphatic rings. The summed E-state index contributed by atoms with van der Waals surface area (Å²) in [6.45, 7) is -0.0763. The fourth-order valence-electron chi connectivity index (χ4n) is 2.53. The number of aliphatic hydroxyl groups excluding tert-OH is 1. The van der Waals surface area contributed by atoms with Crippen LogP contribution in [0.3, 0.4) is 0 Å². The van der Waals surface area contributed by atoms with Gasteiger partial charge < -0.3 is 5.11 Å². The first-order valence-corrected chi connectivity index (χ1v) is 6.72. The molecule has 1 heterocycles. The summed E-state index contributed by atoms with van der Waals surface area (Å²) in [6.07, 6.45) is 0.330. The van der Waals surface area contributed by atoms with Gasteiger partial charge in [0.2, 0.25) is 0 Å². The Bertz CT molecular complexity index is 841. The van der Waals surface area contributed by atoms with Crippen molar-refractivity contribution < 1.29 is 9.50 Å². The van der Waals surface area contributed by atoms with Crippen molar-refractivity contribution in [3.05, 3.63) is 76.5 Å². The number of hydrogen-bond donors (Lipinski definition) is 1. The molecule has 0 spiro atoms. The minimum absolute atomic E-state index is 0.0723. The van der Waals surface area contributed by atoms with Crippen molar-refractivity contribution in [3.8, 4) is 5.69 Å². The minimum atomic E-state index is -0.530. The van der Waals surface area contributed by atoms with Gasteiger partial charge in [0.15, 0.2) is 0 Å². The third kappa shape index (κ3) is 2.34. The molecule has 2 aromatic carbocycles. The molecule has 0 saturated carbocycles. The van der Waals surface area contributed by atoms with E-state index < -0.39 is 11.4 Å². The van der Waals surface area contributed by atoms with Crippen LogP contribution < -0.4 is 5.56 Å². The maximum atomic E-state index is 14.0. The molecule has 0 bridgehead atoms. The summed E-state index contributed by atoms with van der Waals surface area (Å²) in [5.41, 5.74) is 0.920. The van der Waals surface area contributed by atoms with E-state index in [1.807, 2.05) is 18.2 Å².